The molecule has 42 heavy (non-hydrogen) atoms. The lowest BCUT2D eigenvalue weighted by atomic mass is 9.86. The van der Waals surface area contributed by atoms with Gasteiger partial charge in [0.1, 0.15) is 0 Å². The predicted molar refractivity (Wildman–Crippen MR) is 154 cm³/mol. The van der Waals surface area contributed by atoms with Crippen LogP contribution in [0.1, 0.15) is 48.0 Å². The molecule has 2 amide bonds. The summed E-state index contributed by atoms with van der Waals surface area (Å²) < 4.78 is 28.0. The number of nitrogens with one attached hydrogen (secondary N) is 1. The minimum atomic E-state index is -1.26. The molecule has 1 aliphatic heterocycles. The van der Waals surface area contributed by atoms with Crippen LogP contribution in [0.2, 0.25) is 0 Å². The molecule has 0 bridgehead atoms. The number of hydrogen-bond donors (Lipinski definition) is 5. The Morgan fingerprint density at radius 1 is 1.10 bits per heavy atom. The molecule has 3 atom stereocenters. The lowest BCUT2D eigenvalue weighted by Gasteiger charge is -2.47. The molecular weight excluding hydrogens is 554 g/mol. The number of carbonyl (C=O) groups is 4. The van der Waals surface area contributed by atoms with Crippen molar-refractivity contribution in [3.8, 4) is 0 Å². The number of aliphatic hydroxyl groups excluding tert-OH is 1. The van der Waals surface area contributed by atoms with Crippen LogP contribution in [0.25, 0.3) is 0 Å². The monoisotopic (exact) mass is 598 g/mol. The fraction of sp³-hybridized carbons (Fsp3) is 0.586. The van der Waals surface area contributed by atoms with Gasteiger partial charge in [-0.05, 0) is 44.2 Å². The Labute approximate surface area is 245 Å². The number of nitrogens with two attached hydrogens (primary N) is 1. The maximum atomic E-state index is 14.3. The van der Waals surface area contributed by atoms with Crippen LogP contribution in [0, 0.1) is 29.4 Å². The molecular formula is C29H44F2N4O7. The molecule has 0 spiro atoms. The smallest absolute Gasteiger partial charge is 0.328 e. The number of rotatable bonds is 12. The van der Waals surface area contributed by atoms with Gasteiger partial charge in [0.2, 0.25) is 11.8 Å². The van der Waals surface area contributed by atoms with Gasteiger partial charge >= 0.3 is 11.9 Å². The summed E-state index contributed by atoms with van der Waals surface area (Å²) in [5.41, 5.74) is 5.63. The highest BCUT2D eigenvalue weighted by molar-refractivity contribution is 5.96. The number of piperazine rings is 1. The second-order valence-electron chi connectivity index (χ2n) is 11.7. The molecule has 0 radical (unpaired) electrons. The number of carbonyl (C=O) groups excluding carboxylic acids is 2. The van der Waals surface area contributed by atoms with Gasteiger partial charge in [-0.2, -0.15) is 0 Å². The number of halogens is 2. The van der Waals surface area contributed by atoms with Crippen molar-refractivity contribution >= 4 is 29.4 Å². The van der Waals surface area contributed by atoms with Gasteiger partial charge in [0.25, 0.3) is 0 Å². The van der Waals surface area contributed by atoms with E-state index < -0.39 is 41.3 Å². The van der Waals surface area contributed by atoms with Gasteiger partial charge in [0.05, 0.1) is 18.3 Å². The van der Waals surface area contributed by atoms with Gasteiger partial charge in [-0.25, -0.2) is 18.4 Å². The topological polar surface area (TPSA) is 173 Å². The van der Waals surface area contributed by atoms with Crippen LogP contribution in [0.4, 0.5) is 14.5 Å². The van der Waals surface area contributed by atoms with E-state index in [1.54, 1.807) is 0 Å². The van der Waals surface area contributed by atoms with Gasteiger partial charge in [-0.15, -0.1) is 0 Å². The third-order valence-corrected chi connectivity index (χ3v) is 6.87. The zero-order valence-corrected chi connectivity index (χ0v) is 25.0. The Balaban J connectivity index is 0.000000962. The fourth-order valence-corrected chi connectivity index (χ4v) is 4.34. The SMILES string of the molecule is CC(C)CNC(=O)[C@@H](C[C@H](O)[C@@H](N)CN1CC(=O)N(c2cccc(F)c2F)CC1(C)C)C(C)C.O=C(O)/C=C/C(=O)O. The van der Waals surface area contributed by atoms with Crippen molar-refractivity contribution in [2.24, 2.45) is 23.5 Å². The molecule has 1 aromatic carbocycles. The number of anilines is 1. The Morgan fingerprint density at radius 2 is 1.67 bits per heavy atom. The molecule has 1 heterocycles. The number of nitrogens with zero attached hydrogens (tertiary/aromatic N) is 2. The Morgan fingerprint density at radius 3 is 2.17 bits per heavy atom. The molecule has 13 heteroatoms. The molecule has 1 aromatic rings. The van der Waals surface area contributed by atoms with Crippen LogP contribution in [0.3, 0.4) is 0 Å². The molecule has 11 nitrogen and oxygen atoms in total. The summed E-state index contributed by atoms with van der Waals surface area (Å²) >= 11 is 0. The van der Waals surface area contributed by atoms with Crippen molar-refractivity contribution < 1.29 is 43.3 Å². The summed E-state index contributed by atoms with van der Waals surface area (Å²) in [7, 11) is 0. The molecule has 236 valence electrons. The number of aliphatic carboxylic acids is 2. The first-order valence-electron chi connectivity index (χ1n) is 13.7. The van der Waals surface area contributed by atoms with Crippen molar-refractivity contribution in [3.63, 3.8) is 0 Å². The van der Waals surface area contributed by atoms with Crippen LogP contribution in [0.5, 0.6) is 0 Å². The van der Waals surface area contributed by atoms with Gasteiger partial charge in [0, 0.05) is 49.3 Å². The highest BCUT2D eigenvalue weighted by Gasteiger charge is 2.41. The highest BCUT2D eigenvalue weighted by atomic mass is 19.2. The van der Waals surface area contributed by atoms with Crippen molar-refractivity contribution in [2.75, 3.05) is 31.1 Å². The maximum Gasteiger partial charge on any atom is 0.328 e. The summed E-state index contributed by atoms with van der Waals surface area (Å²) in [6.45, 7) is 12.6. The second kappa shape index (κ2) is 16.3. The number of hydrogen-bond acceptors (Lipinski definition) is 7. The molecule has 0 unspecified atom stereocenters. The third-order valence-electron chi connectivity index (χ3n) is 6.87. The van der Waals surface area contributed by atoms with E-state index in [1.807, 2.05) is 46.4 Å². The van der Waals surface area contributed by atoms with Crippen LogP contribution in [0.15, 0.2) is 30.4 Å². The standard InChI is InChI=1S/C25H40F2N4O3.C4H4O4/c1-15(2)11-29-24(34)17(16(3)4)10-21(32)19(28)12-30-13-22(33)31(14-25(30,5)6)20-9-7-8-18(26)23(20)27;5-3(6)1-2-4(7)8/h7-9,15-17,19,21,32H,10-14,28H2,1-6H3,(H,29,34);1-2H,(H,5,6)(H,7,8)/b;2-1+/t17-,19-,21-;/m0./s1. The summed E-state index contributed by atoms with van der Waals surface area (Å²) in [6, 6.07) is 3.07. The Hall–Kier alpha value is -3.42. The maximum absolute atomic E-state index is 14.3. The first-order valence-corrected chi connectivity index (χ1v) is 13.7. The fourth-order valence-electron chi connectivity index (χ4n) is 4.34. The van der Waals surface area contributed by atoms with E-state index in [4.69, 9.17) is 15.9 Å². The molecule has 0 aromatic heterocycles. The number of benzene rings is 1. The van der Waals surface area contributed by atoms with Gasteiger partial charge in [-0.3, -0.25) is 14.5 Å². The normalized spacial score (nSPS) is 17.5. The Bertz CT molecular complexity index is 1110. The third kappa shape index (κ3) is 11.5. The van der Waals surface area contributed by atoms with E-state index in [9.17, 15) is 33.1 Å². The van der Waals surface area contributed by atoms with Crippen LogP contribution in [-0.4, -0.2) is 87.8 Å². The van der Waals surface area contributed by atoms with E-state index in [0.717, 1.165) is 6.07 Å². The minimum Gasteiger partial charge on any atom is -0.478 e. The summed E-state index contributed by atoms with van der Waals surface area (Å²) in [5.74, 6) is -5.09. The van der Waals surface area contributed by atoms with Crippen LogP contribution in [-0.2, 0) is 19.2 Å². The molecule has 0 saturated carbocycles. The summed E-state index contributed by atoms with van der Waals surface area (Å²) in [5, 5.41) is 29.4. The van der Waals surface area contributed by atoms with E-state index >= 15 is 0 Å². The largest absolute Gasteiger partial charge is 0.478 e. The van der Waals surface area contributed by atoms with Gasteiger partial charge in [0.15, 0.2) is 11.6 Å². The van der Waals surface area contributed by atoms with Crippen LogP contribution < -0.4 is 16.0 Å². The number of amides is 2. The lowest BCUT2D eigenvalue weighted by Crippen LogP contribution is -2.64. The van der Waals surface area contributed by atoms with Crippen molar-refractivity contribution in [2.45, 2.75) is 65.6 Å². The van der Waals surface area contributed by atoms with E-state index in [0.29, 0.717) is 24.6 Å². The van der Waals surface area contributed by atoms with E-state index in [1.165, 1.54) is 17.0 Å². The molecule has 1 aliphatic rings. The first-order chi connectivity index (χ1) is 19.4. The zero-order chi connectivity index (χ0) is 32.4. The van der Waals surface area contributed by atoms with Crippen molar-refractivity contribution in [1.82, 2.24) is 10.2 Å². The van der Waals surface area contributed by atoms with Crippen molar-refractivity contribution in [3.05, 3.63) is 42.0 Å². The molecule has 1 fully saturated rings. The molecule has 6 N–H and O–H groups in total. The predicted octanol–water partition coefficient (Wildman–Crippen LogP) is 2.23. The van der Waals surface area contributed by atoms with Crippen LogP contribution >= 0.6 is 0 Å². The quantitative estimate of drug-likeness (QED) is 0.226. The average molecular weight is 599 g/mol. The number of aliphatic hydroxyl groups is 1. The summed E-state index contributed by atoms with van der Waals surface area (Å²) in [6.07, 6.45) is 0.387. The van der Waals surface area contributed by atoms with Gasteiger partial charge in [-0.1, -0.05) is 33.8 Å². The summed E-state index contributed by atoms with van der Waals surface area (Å²) in [4.78, 5) is 47.7. The number of carboxylic acids is 2. The lowest BCUT2D eigenvalue weighted by molar-refractivity contribution is -0.134. The van der Waals surface area contributed by atoms with E-state index in [2.05, 4.69) is 5.32 Å². The Kier molecular flexibility index (Phi) is 14.2. The second-order valence-corrected chi connectivity index (χ2v) is 11.7. The molecule has 0 aliphatic carbocycles. The highest BCUT2D eigenvalue weighted by Crippen LogP contribution is 2.30. The molecule has 2 rings (SSSR count). The minimum absolute atomic E-state index is 0.0248. The number of carboxylic acid groups (broad SMARTS) is 2. The average Bonchev–Trinajstić information content (AvgIpc) is 2.88. The van der Waals surface area contributed by atoms with Gasteiger partial charge < -0.3 is 31.3 Å². The first kappa shape index (κ1) is 36.6. The van der Waals surface area contributed by atoms with Crippen molar-refractivity contribution in [1.29, 1.82) is 0 Å². The molecule has 1 saturated heterocycles. The zero-order valence-electron chi connectivity index (χ0n) is 25.0. The van der Waals surface area contributed by atoms with E-state index in [-0.39, 0.29) is 55.4 Å².